The van der Waals surface area contributed by atoms with E-state index in [4.69, 9.17) is 0 Å². The van der Waals surface area contributed by atoms with Gasteiger partial charge < -0.3 is 4.74 Å². The lowest BCUT2D eigenvalue weighted by Gasteiger charge is -2.37. The Labute approximate surface area is 111 Å². The van der Waals surface area contributed by atoms with Crippen molar-refractivity contribution in [2.75, 3.05) is 13.2 Å². The van der Waals surface area contributed by atoms with Crippen molar-refractivity contribution in [3.05, 3.63) is 6.92 Å². The average molecular weight is 341 g/mol. The molecule has 0 spiro atoms. The van der Waals surface area contributed by atoms with E-state index in [9.17, 15) is 48.3 Å². The van der Waals surface area contributed by atoms with E-state index in [2.05, 4.69) is 11.7 Å². The number of hydrogen-bond donors (Lipinski definition) is 0. The molecule has 1 radical (unpaired) electrons. The normalized spacial score (nSPS) is 15.4. The zero-order valence-corrected chi connectivity index (χ0v) is 9.89. The van der Waals surface area contributed by atoms with E-state index < -0.39 is 49.5 Å². The number of alkyl halides is 11. The van der Waals surface area contributed by atoms with E-state index in [0.717, 1.165) is 0 Å². The van der Waals surface area contributed by atoms with E-state index >= 15 is 0 Å². The molecule has 127 valence electrons. The lowest BCUT2D eigenvalue weighted by molar-refractivity contribution is -0.422. The van der Waals surface area contributed by atoms with Crippen molar-refractivity contribution in [2.24, 2.45) is 0 Å². The molecule has 0 amide bonds. The Morgan fingerprint density at radius 1 is 0.667 bits per heavy atom. The summed E-state index contributed by atoms with van der Waals surface area (Å²) in [6.45, 7) is 1.09. The van der Waals surface area contributed by atoms with Crippen LogP contribution in [0.2, 0.25) is 0 Å². The zero-order chi connectivity index (χ0) is 17.3. The lowest BCUT2D eigenvalue weighted by atomic mass is 9.96. The molecule has 0 unspecified atom stereocenters. The third kappa shape index (κ3) is 3.34. The fraction of sp³-hybridized carbons (Fsp3) is 0.889. The van der Waals surface area contributed by atoms with Crippen molar-refractivity contribution in [1.82, 2.24) is 0 Å². The van der Waals surface area contributed by atoms with Gasteiger partial charge in [-0.2, -0.15) is 48.3 Å². The maximum absolute atomic E-state index is 12.9. The summed E-state index contributed by atoms with van der Waals surface area (Å²) in [6, 6.07) is 0. The standard InChI is InChI=1S/C9H8F11O/c1-2-21-4-3-5(10,11)6(12,13)7(14,15)8(16,17)9(18,19)20/h1-4H2. The second-order valence-electron chi connectivity index (χ2n) is 3.79. The Kier molecular flexibility index (Phi) is 5.54. The molecule has 0 aromatic heterocycles. The molecule has 0 aromatic rings. The minimum absolute atomic E-state index is 0.531. The molecule has 21 heavy (non-hydrogen) atoms. The molecule has 1 nitrogen and oxygen atoms in total. The minimum Gasteiger partial charge on any atom is -0.381 e. The quantitative estimate of drug-likeness (QED) is 0.495. The third-order valence-corrected chi connectivity index (χ3v) is 2.31. The first-order valence-corrected chi connectivity index (χ1v) is 5.01. The monoisotopic (exact) mass is 341 g/mol. The summed E-state index contributed by atoms with van der Waals surface area (Å²) in [5, 5.41) is 0. The first-order valence-electron chi connectivity index (χ1n) is 5.01. The molecule has 0 saturated heterocycles. The molecular formula is C9H8F11O. The van der Waals surface area contributed by atoms with Crippen LogP contribution in [0.3, 0.4) is 0 Å². The van der Waals surface area contributed by atoms with Gasteiger partial charge in [-0.05, 0) is 6.92 Å². The summed E-state index contributed by atoms with van der Waals surface area (Å²) >= 11 is 0. The Bertz CT molecular complexity index is 346. The van der Waals surface area contributed by atoms with Crippen LogP contribution in [-0.2, 0) is 4.74 Å². The van der Waals surface area contributed by atoms with Gasteiger partial charge in [-0.1, -0.05) is 0 Å². The predicted octanol–water partition coefficient (Wildman–Crippen LogP) is 4.33. The first kappa shape index (κ1) is 20.2. The summed E-state index contributed by atoms with van der Waals surface area (Å²) in [7, 11) is 0. The van der Waals surface area contributed by atoms with Crippen molar-refractivity contribution in [1.29, 1.82) is 0 Å². The van der Waals surface area contributed by atoms with Crippen LogP contribution >= 0.6 is 0 Å². The molecule has 0 heterocycles. The highest BCUT2D eigenvalue weighted by molar-refractivity contribution is 5.06. The molecule has 12 heteroatoms. The van der Waals surface area contributed by atoms with Gasteiger partial charge in [0, 0.05) is 13.0 Å². The maximum Gasteiger partial charge on any atom is 0.460 e. The number of ether oxygens (including phenoxy) is 1. The summed E-state index contributed by atoms with van der Waals surface area (Å²) < 4.78 is 141. The molecule has 0 saturated carbocycles. The van der Waals surface area contributed by atoms with Crippen LogP contribution in [0.1, 0.15) is 6.42 Å². The summed E-state index contributed by atoms with van der Waals surface area (Å²) in [4.78, 5) is 0. The van der Waals surface area contributed by atoms with E-state index in [0.29, 0.717) is 0 Å². The smallest absolute Gasteiger partial charge is 0.381 e. The van der Waals surface area contributed by atoms with Gasteiger partial charge in [0.05, 0.1) is 6.61 Å². The summed E-state index contributed by atoms with van der Waals surface area (Å²) in [5.41, 5.74) is 0. The van der Waals surface area contributed by atoms with Crippen molar-refractivity contribution >= 4 is 0 Å². The van der Waals surface area contributed by atoms with Crippen LogP contribution in [0.15, 0.2) is 0 Å². The molecule has 0 fully saturated rings. The number of halogens is 11. The highest BCUT2D eigenvalue weighted by Gasteiger charge is 2.86. The van der Waals surface area contributed by atoms with Crippen molar-refractivity contribution in [3.8, 4) is 0 Å². The molecule has 0 atom stereocenters. The molecule has 0 rings (SSSR count). The topological polar surface area (TPSA) is 9.23 Å². The Hall–Kier alpha value is -0.810. The van der Waals surface area contributed by atoms with Crippen LogP contribution in [0.4, 0.5) is 48.3 Å². The Morgan fingerprint density at radius 3 is 1.43 bits per heavy atom. The number of rotatable bonds is 7. The van der Waals surface area contributed by atoms with Crippen LogP contribution in [0.5, 0.6) is 0 Å². The molecule has 0 aliphatic carbocycles. The van der Waals surface area contributed by atoms with Crippen LogP contribution < -0.4 is 0 Å². The van der Waals surface area contributed by atoms with Gasteiger partial charge in [0.2, 0.25) is 0 Å². The van der Waals surface area contributed by atoms with Crippen LogP contribution in [-0.4, -0.2) is 43.1 Å². The summed E-state index contributed by atoms with van der Waals surface area (Å²) in [5.74, 6) is -27.5. The van der Waals surface area contributed by atoms with Gasteiger partial charge in [0.1, 0.15) is 0 Å². The van der Waals surface area contributed by atoms with E-state index in [1.165, 1.54) is 0 Å². The van der Waals surface area contributed by atoms with Gasteiger partial charge in [-0.15, -0.1) is 0 Å². The third-order valence-electron chi connectivity index (χ3n) is 2.31. The largest absolute Gasteiger partial charge is 0.460 e. The van der Waals surface area contributed by atoms with Crippen LogP contribution in [0.25, 0.3) is 0 Å². The van der Waals surface area contributed by atoms with Gasteiger partial charge in [-0.25, -0.2) is 0 Å². The molecule has 0 aliphatic heterocycles. The van der Waals surface area contributed by atoms with Crippen molar-refractivity contribution in [2.45, 2.75) is 36.3 Å². The lowest BCUT2D eigenvalue weighted by Crippen LogP contribution is -2.66. The molecule has 0 aliphatic rings. The van der Waals surface area contributed by atoms with E-state index in [-0.39, 0.29) is 0 Å². The molecule has 0 aromatic carbocycles. The fourth-order valence-electron chi connectivity index (χ4n) is 1.06. The van der Waals surface area contributed by atoms with Gasteiger partial charge in [0.15, 0.2) is 0 Å². The Balaban J connectivity index is 5.55. The molecule has 0 bridgehead atoms. The number of hydrogen-bond acceptors (Lipinski definition) is 1. The Morgan fingerprint density at radius 2 is 1.10 bits per heavy atom. The highest BCUT2D eigenvalue weighted by Crippen LogP contribution is 2.57. The predicted molar refractivity (Wildman–Crippen MR) is 46.6 cm³/mol. The zero-order valence-electron chi connectivity index (χ0n) is 9.89. The van der Waals surface area contributed by atoms with E-state index in [1.807, 2.05) is 0 Å². The highest BCUT2D eigenvalue weighted by atomic mass is 19.4. The maximum atomic E-state index is 12.9. The summed E-state index contributed by atoms with van der Waals surface area (Å²) in [6.07, 6.45) is -9.33. The average Bonchev–Trinajstić information content (AvgIpc) is 2.26. The molecule has 0 N–H and O–H groups in total. The van der Waals surface area contributed by atoms with Crippen molar-refractivity contribution in [3.63, 3.8) is 0 Å². The first-order chi connectivity index (χ1) is 9.06. The van der Waals surface area contributed by atoms with Gasteiger partial charge >= 0.3 is 29.9 Å². The van der Waals surface area contributed by atoms with Gasteiger partial charge in [0.25, 0.3) is 0 Å². The second kappa shape index (κ2) is 5.76. The van der Waals surface area contributed by atoms with Gasteiger partial charge in [-0.3, -0.25) is 0 Å². The minimum atomic E-state index is -7.35. The van der Waals surface area contributed by atoms with Crippen molar-refractivity contribution < 1.29 is 53.0 Å². The second-order valence-corrected chi connectivity index (χ2v) is 3.79. The molecular weight excluding hydrogens is 333 g/mol. The fourth-order valence-corrected chi connectivity index (χ4v) is 1.06. The van der Waals surface area contributed by atoms with Crippen LogP contribution in [0, 0.1) is 6.92 Å². The van der Waals surface area contributed by atoms with E-state index in [1.54, 1.807) is 0 Å². The SMILES string of the molecule is [CH2]COCCC(F)(F)C(F)(F)C(F)(F)C(F)(F)C(F)(F)F.